The van der Waals surface area contributed by atoms with E-state index in [1.165, 1.54) is 0 Å². The van der Waals surface area contributed by atoms with E-state index in [4.69, 9.17) is 17.0 Å². The number of carbonyl (C=O) groups excluding carboxylic acids is 1. The van der Waals surface area contributed by atoms with Gasteiger partial charge < -0.3 is 24.6 Å². The van der Waals surface area contributed by atoms with Crippen molar-refractivity contribution in [3.63, 3.8) is 0 Å². The van der Waals surface area contributed by atoms with E-state index in [2.05, 4.69) is 5.32 Å². The second-order valence-electron chi connectivity index (χ2n) is 7.55. The van der Waals surface area contributed by atoms with Crippen molar-refractivity contribution >= 4 is 6.09 Å². The van der Waals surface area contributed by atoms with Crippen LogP contribution in [-0.4, -0.2) is 48.5 Å². The van der Waals surface area contributed by atoms with E-state index in [1.807, 2.05) is 0 Å². The number of aliphatic hydroxyl groups excluding tert-OH is 1. The van der Waals surface area contributed by atoms with Gasteiger partial charge in [-0.2, -0.15) is 0 Å². The normalized spacial score (nSPS) is 31.2. The summed E-state index contributed by atoms with van der Waals surface area (Å²) in [4.78, 5) is 12.2. The lowest BCUT2D eigenvalue weighted by Crippen LogP contribution is -2.52. The van der Waals surface area contributed by atoms with Crippen molar-refractivity contribution < 1.29 is 26.9 Å². The Labute approximate surface area is 153 Å². The summed E-state index contributed by atoms with van der Waals surface area (Å²) < 4.78 is 34.2. The molecule has 1 aliphatic heterocycles. The number of amides is 1. The molecule has 0 aromatic carbocycles. The Morgan fingerprint density at radius 1 is 1.44 bits per heavy atom. The first-order chi connectivity index (χ1) is 12.7. The zero-order chi connectivity index (χ0) is 20.1. The van der Waals surface area contributed by atoms with Crippen LogP contribution in [0.5, 0.6) is 0 Å². The number of hydrogen-bond acceptors (Lipinski definition) is 5. The van der Waals surface area contributed by atoms with Crippen LogP contribution in [0.1, 0.15) is 62.0 Å². The molecular weight excluding hydrogens is 322 g/mol. The van der Waals surface area contributed by atoms with Crippen LogP contribution < -0.4 is 5.32 Å². The van der Waals surface area contributed by atoms with E-state index >= 15 is 0 Å². The molecule has 2 aliphatic rings. The number of nitrogens with one attached hydrogen (secondary N) is 1. The number of aliphatic hydroxyl groups is 1. The molecule has 1 saturated heterocycles. The zero-order valence-electron chi connectivity index (χ0n) is 17.5. The number of ether oxygens (including phenoxy) is 3. The first-order valence-corrected chi connectivity index (χ1v) is 9.20. The van der Waals surface area contributed by atoms with Gasteiger partial charge in [-0.15, -0.1) is 0 Å². The Morgan fingerprint density at radius 3 is 2.84 bits per heavy atom. The number of allylic oxidation sites excluding steroid dienone is 1. The third-order valence-electron chi connectivity index (χ3n) is 4.13. The summed E-state index contributed by atoms with van der Waals surface area (Å²) in [5, 5.41) is 12.6. The Hall–Kier alpha value is -1.11. The fraction of sp³-hybridized carbons (Fsp3) is 0.842. The first-order valence-electron chi connectivity index (χ1n) is 10.2. The molecule has 6 heteroatoms. The van der Waals surface area contributed by atoms with Gasteiger partial charge in [0.1, 0.15) is 5.60 Å². The molecule has 0 aromatic heterocycles. The lowest BCUT2D eigenvalue weighted by atomic mass is 9.87. The molecule has 1 fully saturated rings. The van der Waals surface area contributed by atoms with Crippen molar-refractivity contribution in [1.82, 2.24) is 5.32 Å². The maximum Gasteiger partial charge on any atom is 0.408 e. The lowest BCUT2D eigenvalue weighted by molar-refractivity contribution is -0.203. The Balaban J connectivity index is 2.21. The maximum absolute atomic E-state index is 12.2. The molecule has 2 N–H and O–H groups in total. The summed E-state index contributed by atoms with van der Waals surface area (Å²) in [6.07, 6.45) is 4.13. The Kier molecular flexibility index (Phi) is 6.61. The highest BCUT2D eigenvalue weighted by atomic mass is 16.7. The molecule has 6 nitrogen and oxygen atoms in total. The lowest BCUT2D eigenvalue weighted by Gasteiger charge is -2.36. The molecule has 25 heavy (non-hydrogen) atoms. The molecular formula is C19H33NO5. The number of alkyl carbamates (subject to hydrolysis) is 1. The van der Waals surface area contributed by atoms with Crippen LogP contribution >= 0.6 is 0 Å². The topological polar surface area (TPSA) is 77.0 Å². The van der Waals surface area contributed by atoms with Gasteiger partial charge in [-0.1, -0.05) is 12.1 Å². The molecule has 0 saturated carbocycles. The van der Waals surface area contributed by atoms with E-state index < -0.39 is 42.6 Å². The van der Waals surface area contributed by atoms with E-state index in [0.717, 1.165) is 25.7 Å². The minimum Gasteiger partial charge on any atom is -0.444 e. The van der Waals surface area contributed by atoms with Crippen molar-refractivity contribution in [3.05, 3.63) is 12.1 Å². The average Bonchev–Trinajstić information content (AvgIpc) is 2.60. The summed E-state index contributed by atoms with van der Waals surface area (Å²) >= 11 is 0. The maximum atomic E-state index is 12.2. The van der Waals surface area contributed by atoms with E-state index in [-0.39, 0.29) is 6.05 Å². The molecule has 1 amide bonds. The van der Waals surface area contributed by atoms with Gasteiger partial charge in [0, 0.05) is 13.9 Å². The summed E-state index contributed by atoms with van der Waals surface area (Å²) in [6.45, 7) is 5.41. The number of rotatable bonds is 6. The second kappa shape index (κ2) is 9.55. The molecule has 1 aliphatic carbocycles. The van der Waals surface area contributed by atoms with E-state index in [1.54, 1.807) is 26.8 Å². The zero-order valence-corrected chi connectivity index (χ0v) is 15.5. The van der Waals surface area contributed by atoms with Crippen LogP contribution in [0.3, 0.4) is 0 Å². The molecule has 0 aromatic rings. The highest BCUT2D eigenvalue weighted by Gasteiger charge is 2.34. The SMILES string of the molecule is [2H]C1=CCCC[C@]1([2H])[C@H](OC1CCCCO1)[C@H](CO)NC(=O)OC(C)(C)C. The van der Waals surface area contributed by atoms with Gasteiger partial charge in [-0.05, 0) is 59.3 Å². The summed E-state index contributed by atoms with van der Waals surface area (Å²) in [5.74, 6) is -1.36. The number of hydrogen-bond donors (Lipinski definition) is 2. The first kappa shape index (κ1) is 17.3. The standard InChI is InChI=1S/C19H33NO5/c1-19(2,3)25-18(22)20-15(13-21)17(14-9-5-4-6-10-14)24-16-11-7-8-12-23-16/h5,9,14-17,21H,4,6-8,10-13H2,1-3H3,(H,20,22)/t14-,15+,16?,17+/m1/s1/i9D,14D. The quantitative estimate of drug-likeness (QED) is 0.714. The monoisotopic (exact) mass is 357 g/mol. The largest absolute Gasteiger partial charge is 0.444 e. The second-order valence-corrected chi connectivity index (χ2v) is 7.55. The third kappa shape index (κ3) is 6.96. The predicted octanol–water partition coefficient (Wildman–Crippen LogP) is 3.14. The Morgan fingerprint density at radius 2 is 2.24 bits per heavy atom. The Bertz CT molecular complexity index is 531. The minimum atomic E-state index is -1.36. The van der Waals surface area contributed by atoms with Crippen molar-refractivity contribution in [2.75, 3.05) is 13.2 Å². The van der Waals surface area contributed by atoms with Crippen LogP contribution in [0.15, 0.2) is 12.1 Å². The minimum absolute atomic E-state index is 0.152. The van der Waals surface area contributed by atoms with Gasteiger partial charge in [0.15, 0.2) is 6.29 Å². The molecule has 0 radical (unpaired) electrons. The highest BCUT2D eigenvalue weighted by molar-refractivity contribution is 5.68. The van der Waals surface area contributed by atoms with Gasteiger partial charge in [-0.3, -0.25) is 0 Å². The van der Waals surface area contributed by atoms with Crippen LogP contribution in [0.2, 0.25) is 0 Å². The van der Waals surface area contributed by atoms with Crippen molar-refractivity contribution in [3.8, 4) is 0 Å². The third-order valence-corrected chi connectivity index (χ3v) is 4.13. The molecule has 1 heterocycles. The fourth-order valence-electron chi connectivity index (χ4n) is 2.97. The molecule has 144 valence electrons. The van der Waals surface area contributed by atoms with Crippen LogP contribution in [-0.2, 0) is 14.2 Å². The number of carbonyl (C=O) groups is 1. The highest BCUT2D eigenvalue weighted by Crippen LogP contribution is 2.28. The summed E-state index contributed by atoms with van der Waals surface area (Å²) in [6, 6.07) is -0.728. The molecule has 1 unspecified atom stereocenters. The smallest absolute Gasteiger partial charge is 0.408 e. The molecule has 4 atom stereocenters. The van der Waals surface area contributed by atoms with Gasteiger partial charge in [0.25, 0.3) is 0 Å². The van der Waals surface area contributed by atoms with Gasteiger partial charge in [0.05, 0.1) is 20.1 Å². The van der Waals surface area contributed by atoms with Crippen molar-refractivity contribution in [2.45, 2.75) is 83.3 Å². The summed E-state index contributed by atoms with van der Waals surface area (Å²) in [5.41, 5.74) is -0.684. The van der Waals surface area contributed by atoms with Gasteiger partial charge in [0.2, 0.25) is 0 Å². The van der Waals surface area contributed by atoms with E-state index in [9.17, 15) is 9.90 Å². The van der Waals surface area contributed by atoms with Crippen LogP contribution in [0.25, 0.3) is 0 Å². The van der Waals surface area contributed by atoms with E-state index in [0.29, 0.717) is 19.4 Å². The molecule has 0 spiro atoms. The average molecular weight is 357 g/mol. The van der Waals surface area contributed by atoms with Crippen molar-refractivity contribution in [1.29, 1.82) is 0 Å². The predicted molar refractivity (Wildman–Crippen MR) is 95.2 cm³/mol. The van der Waals surface area contributed by atoms with Gasteiger partial charge in [-0.25, -0.2) is 4.79 Å². The summed E-state index contributed by atoms with van der Waals surface area (Å²) in [7, 11) is 0. The van der Waals surface area contributed by atoms with Crippen LogP contribution in [0.4, 0.5) is 4.79 Å². The molecule has 2 rings (SSSR count). The van der Waals surface area contributed by atoms with Crippen LogP contribution in [0, 0.1) is 5.89 Å². The molecule has 0 bridgehead atoms. The fourth-order valence-corrected chi connectivity index (χ4v) is 2.97. The van der Waals surface area contributed by atoms with Gasteiger partial charge >= 0.3 is 6.09 Å². The van der Waals surface area contributed by atoms with Crippen molar-refractivity contribution in [2.24, 2.45) is 5.89 Å².